The monoisotopic (exact) mass is 277 g/mol. The average Bonchev–Trinajstić information content (AvgIpc) is 2.78. The van der Waals surface area contributed by atoms with E-state index in [9.17, 15) is 5.11 Å². The highest BCUT2D eigenvalue weighted by atomic mass is 16.5. The first-order chi connectivity index (χ1) is 9.46. The van der Waals surface area contributed by atoms with Gasteiger partial charge in [0.05, 0.1) is 6.61 Å². The molecular formula is C17H27NO2. The second kappa shape index (κ2) is 6.15. The summed E-state index contributed by atoms with van der Waals surface area (Å²) in [5.74, 6) is 0.980. The van der Waals surface area contributed by atoms with Crippen LogP contribution in [0.25, 0.3) is 0 Å². The zero-order chi connectivity index (χ0) is 14.8. The Labute approximate surface area is 122 Å². The van der Waals surface area contributed by atoms with Gasteiger partial charge in [0.25, 0.3) is 0 Å². The Morgan fingerprint density at radius 3 is 2.80 bits per heavy atom. The van der Waals surface area contributed by atoms with Crippen molar-refractivity contribution >= 4 is 0 Å². The van der Waals surface area contributed by atoms with Crippen molar-refractivity contribution in [1.29, 1.82) is 0 Å². The third-order valence-corrected chi connectivity index (χ3v) is 4.31. The highest BCUT2D eigenvalue weighted by molar-refractivity contribution is 5.38. The van der Waals surface area contributed by atoms with Crippen molar-refractivity contribution < 1.29 is 9.84 Å². The molecule has 0 bridgehead atoms. The molecule has 0 spiro atoms. The fourth-order valence-electron chi connectivity index (χ4n) is 3.14. The summed E-state index contributed by atoms with van der Waals surface area (Å²) in [7, 11) is 0. The molecule has 2 rings (SSSR count). The molecule has 3 nitrogen and oxygen atoms in total. The van der Waals surface area contributed by atoms with Crippen LogP contribution < -0.4 is 10.1 Å². The van der Waals surface area contributed by atoms with Crippen LogP contribution in [0, 0.1) is 13.8 Å². The van der Waals surface area contributed by atoms with Crippen LogP contribution in [0.1, 0.15) is 44.2 Å². The van der Waals surface area contributed by atoms with E-state index in [0.717, 1.165) is 25.0 Å². The van der Waals surface area contributed by atoms with Gasteiger partial charge < -0.3 is 15.2 Å². The van der Waals surface area contributed by atoms with E-state index >= 15 is 0 Å². The van der Waals surface area contributed by atoms with Crippen LogP contribution in [-0.2, 0) is 0 Å². The van der Waals surface area contributed by atoms with Gasteiger partial charge >= 0.3 is 0 Å². The summed E-state index contributed by atoms with van der Waals surface area (Å²) < 4.78 is 6.17. The van der Waals surface area contributed by atoms with E-state index in [1.165, 1.54) is 11.1 Å². The second-order valence-electron chi connectivity index (χ2n) is 6.42. The lowest BCUT2D eigenvalue weighted by Crippen LogP contribution is -2.50. The summed E-state index contributed by atoms with van der Waals surface area (Å²) in [5, 5.41) is 13.2. The second-order valence-corrected chi connectivity index (χ2v) is 6.42. The van der Waals surface area contributed by atoms with Crippen LogP contribution in [0.5, 0.6) is 5.75 Å². The van der Waals surface area contributed by atoms with Crippen LogP contribution in [0.15, 0.2) is 18.2 Å². The Morgan fingerprint density at radius 1 is 1.40 bits per heavy atom. The molecule has 0 radical (unpaired) electrons. The Bertz CT molecular complexity index is 458. The molecule has 3 heteroatoms. The van der Waals surface area contributed by atoms with Gasteiger partial charge in [0.15, 0.2) is 0 Å². The maximum Gasteiger partial charge on any atom is 0.122 e. The van der Waals surface area contributed by atoms with Gasteiger partial charge in [-0.1, -0.05) is 26.0 Å². The topological polar surface area (TPSA) is 41.5 Å². The van der Waals surface area contributed by atoms with Crippen LogP contribution in [-0.4, -0.2) is 29.4 Å². The molecule has 0 saturated heterocycles. The average molecular weight is 277 g/mol. The fourth-order valence-corrected chi connectivity index (χ4v) is 3.14. The molecule has 0 aliphatic heterocycles. The Balaban J connectivity index is 2.04. The quantitative estimate of drug-likeness (QED) is 0.869. The Kier molecular flexibility index (Phi) is 4.71. The lowest BCUT2D eigenvalue weighted by Gasteiger charge is -2.31. The van der Waals surface area contributed by atoms with Crippen molar-refractivity contribution in [3.8, 4) is 5.75 Å². The minimum atomic E-state index is -0.170. The smallest absolute Gasteiger partial charge is 0.122 e. The normalized spacial score (nSPS) is 26.2. The zero-order valence-corrected chi connectivity index (χ0v) is 13.1. The van der Waals surface area contributed by atoms with E-state index in [1.807, 2.05) is 12.1 Å². The Morgan fingerprint density at radius 2 is 2.15 bits per heavy atom. The summed E-state index contributed by atoms with van der Waals surface area (Å²) in [6.07, 6.45) is 3.02. The van der Waals surface area contributed by atoms with E-state index in [1.54, 1.807) is 0 Å². The number of rotatable bonds is 5. The molecule has 1 aliphatic rings. The number of ether oxygens (including phenoxy) is 1. The van der Waals surface area contributed by atoms with Crippen molar-refractivity contribution in [2.75, 3.05) is 6.61 Å². The van der Waals surface area contributed by atoms with Gasteiger partial charge in [-0.25, -0.2) is 0 Å². The van der Waals surface area contributed by atoms with Crippen LogP contribution in [0.4, 0.5) is 0 Å². The van der Waals surface area contributed by atoms with Gasteiger partial charge in [-0.15, -0.1) is 0 Å². The molecular weight excluding hydrogens is 250 g/mol. The van der Waals surface area contributed by atoms with Crippen molar-refractivity contribution in [3.05, 3.63) is 29.3 Å². The van der Waals surface area contributed by atoms with Gasteiger partial charge in [-0.2, -0.15) is 0 Å². The SMILES string of the molecule is Cc1cccc(OC2CCC(CO)(NC(C)C)C2)c1C. The first-order valence-electron chi connectivity index (χ1n) is 7.57. The molecule has 2 unspecified atom stereocenters. The van der Waals surface area contributed by atoms with Crippen molar-refractivity contribution in [2.45, 2.75) is 64.6 Å². The van der Waals surface area contributed by atoms with Crippen LogP contribution in [0.3, 0.4) is 0 Å². The number of aliphatic hydroxyl groups excluding tert-OH is 1. The molecule has 2 N–H and O–H groups in total. The van der Waals surface area contributed by atoms with Crippen LogP contribution in [0.2, 0.25) is 0 Å². The summed E-state index contributed by atoms with van der Waals surface area (Å²) in [6, 6.07) is 6.56. The largest absolute Gasteiger partial charge is 0.490 e. The molecule has 1 saturated carbocycles. The van der Waals surface area contributed by atoms with E-state index in [2.05, 4.69) is 39.1 Å². The van der Waals surface area contributed by atoms with Gasteiger partial charge in [-0.05, 0) is 43.9 Å². The number of hydrogen-bond acceptors (Lipinski definition) is 3. The van der Waals surface area contributed by atoms with Crippen molar-refractivity contribution in [1.82, 2.24) is 5.32 Å². The van der Waals surface area contributed by atoms with E-state index in [4.69, 9.17) is 4.74 Å². The molecule has 1 aromatic rings. The molecule has 0 heterocycles. The first kappa shape index (κ1) is 15.3. The number of aryl methyl sites for hydroxylation is 1. The summed E-state index contributed by atoms with van der Waals surface area (Å²) in [6.45, 7) is 8.63. The number of nitrogens with one attached hydrogen (secondary N) is 1. The predicted octanol–water partition coefficient (Wildman–Crippen LogP) is 2.96. The lowest BCUT2D eigenvalue weighted by molar-refractivity contribution is 0.133. The maximum atomic E-state index is 9.73. The van der Waals surface area contributed by atoms with Gasteiger partial charge in [-0.3, -0.25) is 0 Å². The number of aliphatic hydroxyl groups is 1. The van der Waals surface area contributed by atoms with E-state index < -0.39 is 0 Å². The van der Waals surface area contributed by atoms with Gasteiger partial charge in [0, 0.05) is 18.0 Å². The molecule has 1 aromatic carbocycles. The fraction of sp³-hybridized carbons (Fsp3) is 0.647. The maximum absolute atomic E-state index is 9.73. The predicted molar refractivity (Wildman–Crippen MR) is 82.3 cm³/mol. The molecule has 1 aliphatic carbocycles. The van der Waals surface area contributed by atoms with Gasteiger partial charge in [0.2, 0.25) is 0 Å². The zero-order valence-electron chi connectivity index (χ0n) is 13.1. The molecule has 0 amide bonds. The molecule has 1 fully saturated rings. The molecule has 0 aromatic heterocycles. The minimum absolute atomic E-state index is 0.170. The van der Waals surface area contributed by atoms with Gasteiger partial charge in [0.1, 0.15) is 11.9 Å². The standard InChI is InChI=1S/C17H27NO2/c1-12(2)18-17(11-19)9-8-15(10-17)20-16-7-5-6-13(3)14(16)4/h5-7,12,15,18-19H,8-11H2,1-4H3. The summed E-state index contributed by atoms with van der Waals surface area (Å²) in [4.78, 5) is 0. The lowest BCUT2D eigenvalue weighted by atomic mass is 9.97. The van der Waals surface area contributed by atoms with E-state index in [-0.39, 0.29) is 18.2 Å². The van der Waals surface area contributed by atoms with E-state index in [0.29, 0.717) is 6.04 Å². The summed E-state index contributed by atoms with van der Waals surface area (Å²) >= 11 is 0. The first-order valence-corrected chi connectivity index (χ1v) is 7.57. The van der Waals surface area contributed by atoms with Crippen molar-refractivity contribution in [2.24, 2.45) is 0 Å². The summed E-state index contributed by atoms with van der Waals surface area (Å²) in [5.41, 5.74) is 2.30. The van der Waals surface area contributed by atoms with Crippen LogP contribution >= 0.6 is 0 Å². The highest BCUT2D eigenvalue weighted by Crippen LogP contribution is 2.34. The molecule has 20 heavy (non-hydrogen) atoms. The number of benzene rings is 1. The minimum Gasteiger partial charge on any atom is -0.490 e. The number of hydrogen-bond donors (Lipinski definition) is 2. The third kappa shape index (κ3) is 3.33. The highest BCUT2D eigenvalue weighted by Gasteiger charge is 2.40. The van der Waals surface area contributed by atoms with Crippen molar-refractivity contribution in [3.63, 3.8) is 0 Å². The molecule has 112 valence electrons. The third-order valence-electron chi connectivity index (χ3n) is 4.31. The molecule has 2 atom stereocenters. The Hall–Kier alpha value is -1.06.